The van der Waals surface area contributed by atoms with E-state index < -0.39 is 0 Å². The Morgan fingerprint density at radius 1 is 1.18 bits per heavy atom. The summed E-state index contributed by atoms with van der Waals surface area (Å²) < 4.78 is 0. The molecule has 0 aliphatic rings. The van der Waals surface area contributed by atoms with Crippen LogP contribution >= 0.6 is 11.8 Å². The maximum Gasteiger partial charge on any atom is 0.0195 e. The standard InChI is InChI=1S/C15H25NS/c1-15(2,3)13-8-6-12(7-9-13)10-14(16-4)11-17-5/h6-9,14,16H,10-11H2,1-5H3. The molecule has 1 rings (SSSR count). The second-order valence-electron chi connectivity index (χ2n) is 5.59. The van der Waals surface area contributed by atoms with Crippen molar-refractivity contribution in [1.82, 2.24) is 5.32 Å². The van der Waals surface area contributed by atoms with Crippen molar-refractivity contribution >= 4 is 11.8 Å². The molecule has 0 saturated heterocycles. The Hall–Kier alpha value is -0.470. The molecule has 0 heterocycles. The van der Waals surface area contributed by atoms with Gasteiger partial charge in [0.2, 0.25) is 0 Å². The van der Waals surface area contributed by atoms with E-state index in [2.05, 4.69) is 56.6 Å². The van der Waals surface area contributed by atoms with Crippen LogP contribution in [0.3, 0.4) is 0 Å². The van der Waals surface area contributed by atoms with Gasteiger partial charge in [0.15, 0.2) is 0 Å². The molecule has 1 aromatic carbocycles. The van der Waals surface area contributed by atoms with Crippen LogP contribution in [0.1, 0.15) is 31.9 Å². The van der Waals surface area contributed by atoms with Gasteiger partial charge in [-0.1, -0.05) is 45.0 Å². The third kappa shape index (κ3) is 4.72. The van der Waals surface area contributed by atoms with Crippen molar-refractivity contribution in [2.24, 2.45) is 0 Å². The van der Waals surface area contributed by atoms with Gasteiger partial charge in [-0.2, -0.15) is 11.8 Å². The van der Waals surface area contributed by atoms with Crippen molar-refractivity contribution in [3.8, 4) is 0 Å². The van der Waals surface area contributed by atoms with Crippen LogP contribution in [0.25, 0.3) is 0 Å². The lowest BCUT2D eigenvalue weighted by atomic mass is 9.86. The minimum absolute atomic E-state index is 0.250. The van der Waals surface area contributed by atoms with Crippen LogP contribution in [-0.4, -0.2) is 25.1 Å². The topological polar surface area (TPSA) is 12.0 Å². The van der Waals surface area contributed by atoms with Crippen molar-refractivity contribution in [2.45, 2.75) is 38.6 Å². The summed E-state index contributed by atoms with van der Waals surface area (Å²) in [5.74, 6) is 1.16. The molecule has 0 aliphatic carbocycles. The second kappa shape index (κ2) is 6.46. The summed E-state index contributed by atoms with van der Waals surface area (Å²) in [6, 6.07) is 9.64. The summed E-state index contributed by atoms with van der Waals surface area (Å²) in [4.78, 5) is 0. The fraction of sp³-hybridized carbons (Fsp3) is 0.600. The predicted octanol–water partition coefficient (Wildman–Crippen LogP) is 3.48. The fourth-order valence-electron chi connectivity index (χ4n) is 1.87. The molecule has 0 spiro atoms. The summed E-state index contributed by atoms with van der Waals surface area (Å²) in [5, 5.41) is 3.38. The Morgan fingerprint density at radius 2 is 1.76 bits per heavy atom. The first-order valence-electron chi connectivity index (χ1n) is 6.23. The summed E-state index contributed by atoms with van der Waals surface area (Å²) in [6.45, 7) is 6.77. The van der Waals surface area contributed by atoms with Gasteiger partial charge in [0.25, 0.3) is 0 Å². The molecule has 0 amide bonds. The Morgan fingerprint density at radius 3 is 2.18 bits per heavy atom. The highest BCUT2D eigenvalue weighted by Gasteiger charge is 2.13. The van der Waals surface area contributed by atoms with E-state index in [1.54, 1.807) is 0 Å². The molecule has 0 aromatic heterocycles. The van der Waals surface area contributed by atoms with E-state index in [1.165, 1.54) is 11.1 Å². The molecule has 0 radical (unpaired) electrons. The lowest BCUT2D eigenvalue weighted by Crippen LogP contribution is -2.29. The van der Waals surface area contributed by atoms with Gasteiger partial charge in [-0.05, 0) is 36.3 Å². The molecule has 96 valence electrons. The van der Waals surface area contributed by atoms with E-state index >= 15 is 0 Å². The first kappa shape index (κ1) is 14.6. The number of thioether (sulfide) groups is 1. The zero-order valence-electron chi connectivity index (χ0n) is 11.7. The van der Waals surface area contributed by atoms with Gasteiger partial charge in [0.05, 0.1) is 0 Å². The number of benzene rings is 1. The SMILES string of the molecule is CNC(CSC)Cc1ccc(C(C)(C)C)cc1. The Bertz CT molecular complexity index is 324. The Labute approximate surface area is 110 Å². The molecule has 0 aliphatic heterocycles. The normalized spacial score (nSPS) is 13.7. The first-order chi connectivity index (χ1) is 7.97. The molecular weight excluding hydrogens is 226 g/mol. The predicted molar refractivity (Wildman–Crippen MR) is 80.1 cm³/mol. The molecule has 0 bridgehead atoms. The largest absolute Gasteiger partial charge is 0.316 e. The third-order valence-corrected chi connectivity index (χ3v) is 3.81. The van der Waals surface area contributed by atoms with E-state index in [1.807, 2.05) is 18.8 Å². The maximum absolute atomic E-state index is 3.38. The lowest BCUT2D eigenvalue weighted by molar-refractivity contribution is 0.588. The molecule has 1 aromatic rings. The molecule has 0 saturated carbocycles. The van der Waals surface area contributed by atoms with E-state index in [-0.39, 0.29) is 5.41 Å². The first-order valence-corrected chi connectivity index (χ1v) is 7.62. The van der Waals surface area contributed by atoms with Crippen LogP contribution in [-0.2, 0) is 11.8 Å². The smallest absolute Gasteiger partial charge is 0.0195 e. The average Bonchev–Trinajstić information content (AvgIpc) is 2.28. The highest BCUT2D eigenvalue weighted by Crippen LogP contribution is 2.22. The van der Waals surface area contributed by atoms with Gasteiger partial charge < -0.3 is 5.32 Å². The minimum Gasteiger partial charge on any atom is -0.316 e. The Balaban J connectivity index is 2.68. The van der Waals surface area contributed by atoms with Crippen LogP contribution in [0.15, 0.2) is 24.3 Å². The zero-order chi connectivity index (χ0) is 12.9. The van der Waals surface area contributed by atoms with E-state index in [9.17, 15) is 0 Å². The number of hydrogen-bond donors (Lipinski definition) is 1. The van der Waals surface area contributed by atoms with Crippen LogP contribution < -0.4 is 5.32 Å². The summed E-state index contributed by atoms with van der Waals surface area (Å²) in [7, 11) is 2.05. The molecular formula is C15H25NS. The van der Waals surface area contributed by atoms with Crippen molar-refractivity contribution in [1.29, 1.82) is 0 Å². The molecule has 1 unspecified atom stereocenters. The highest BCUT2D eigenvalue weighted by molar-refractivity contribution is 7.98. The van der Waals surface area contributed by atoms with Gasteiger partial charge in [-0.15, -0.1) is 0 Å². The van der Waals surface area contributed by atoms with Crippen LogP contribution in [0, 0.1) is 0 Å². The van der Waals surface area contributed by atoms with Gasteiger partial charge >= 0.3 is 0 Å². The van der Waals surface area contributed by atoms with Crippen molar-refractivity contribution in [2.75, 3.05) is 19.1 Å². The van der Waals surface area contributed by atoms with Crippen LogP contribution in [0.4, 0.5) is 0 Å². The highest BCUT2D eigenvalue weighted by atomic mass is 32.2. The number of nitrogens with one attached hydrogen (secondary N) is 1. The number of likely N-dealkylation sites (N-methyl/N-ethyl adjacent to an activating group) is 1. The van der Waals surface area contributed by atoms with Gasteiger partial charge in [-0.25, -0.2) is 0 Å². The molecule has 1 N–H and O–H groups in total. The van der Waals surface area contributed by atoms with Crippen LogP contribution in [0.5, 0.6) is 0 Å². The number of hydrogen-bond acceptors (Lipinski definition) is 2. The van der Waals surface area contributed by atoms with Gasteiger partial charge in [0.1, 0.15) is 0 Å². The summed E-state index contributed by atoms with van der Waals surface area (Å²) in [5.41, 5.74) is 3.08. The summed E-state index contributed by atoms with van der Waals surface area (Å²) in [6.07, 6.45) is 3.27. The second-order valence-corrected chi connectivity index (χ2v) is 6.50. The lowest BCUT2D eigenvalue weighted by Gasteiger charge is -2.20. The minimum atomic E-state index is 0.250. The summed E-state index contributed by atoms with van der Waals surface area (Å²) >= 11 is 1.90. The molecule has 1 nitrogen and oxygen atoms in total. The number of rotatable bonds is 5. The molecule has 17 heavy (non-hydrogen) atoms. The van der Waals surface area contributed by atoms with Crippen molar-refractivity contribution in [3.63, 3.8) is 0 Å². The fourth-order valence-corrected chi connectivity index (χ4v) is 2.56. The van der Waals surface area contributed by atoms with Crippen LogP contribution in [0.2, 0.25) is 0 Å². The van der Waals surface area contributed by atoms with E-state index in [0.29, 0.717) is 6.04 Å². The molecule has 0 fully saturated rings. The van der Waals surface area contributed by atoms with E-state index in [4.69, 9.17) is 0 Å². The van der Waals surface area contributed by atoms with Gasteiger partial charge in [0, 0.05) is 11.8 Å². The van der Waals surface area contributed by atoms with E-state index in [0.717, 1.165) is 12.2 Å². The Kier molecular flexibility index (Phi) is 5.54. The molecule has 2 heteroatoms. The average molecular weight is 251 g/mol. The zero-order valence-corrected chi connectivity index (χ0v) is 12.5. The molecule has 1 atom stereocenters. The quantitative estimate of drug-likeness (QED) is 0.860. The van der Waals surface area contributed by atoms with Gasteiger partial charge in [-0.3, -0.25) is 0 Å². The van der Waals surface area contributed by atoms with Crippen molar-refractivity contribution < 1.29 is 0 Å². The monoisotopic (exact) mass is 251 g/mol. The van der Waals surface area contributed by atoms with Crippen molar-refractivity contribution in [3.05, 3.63) is 35.4 Å². The third-order valence-electron chi connectivity index (χ3n) is 3.08. The maximum atomic E-state index is 3.38.